The molecule has 9 rings (SSSR count). The van der Waals surface area contributed by atoms with Crippen molar-refractivity contribution in [3.63, 3.8) is 0 Å². The number of ether oxygens (including phenoxy) is 2. The van der Waals surface area contributed by atoms with Crippen LogP contribution in [0, 0.1) is 26.0 Å². The summed E-state index contributed by atoms with van der Waals surface area (Å²) in [5.41, 5.74) is 14.2. The third-order valence-corrected chi connectivity index (χ3v) is 13.9. The van der Waals surface area contributed by atoms with Crippen molar-refractivity contribution in [1.82, 2.24) is 9.55 Å². The van der Waals surface area contributed by atoms with Crippen LogP contribution in [0.2, 0.25) is 0 Å². The van der Waals surface area contributed by atoms with Gasteiger partial charge in [-0.05, 0) is 118 Å². The van der Waals surface area contributed by atoms with Crippen LogP contribution in [0.5, 0.6) is 11.5 Å². The van der Waals surface area contributed by atoms with Gasteiger partial charge in [0, 0.05) is 35.2 Å². The number of nitrogens with zero attached hydrogens (tertiary/aromatic N) is 3. The minimum absolute atomic E-state index is 0. The van der Waals surface area contributed by atoms with Crippen molar-refractivity contribution < 1.29 is 30.5 Å². The summed E-state index contributed by atoms with van der Waals surface area (Å²) in [6.45, 7) is 31.4. The van der Waals surface area contributed by atoms with E-state index in [0.29, 0.717) is 29.2 Å². The van der Waals surface area contributed by atoms with Gasteiger partial charge in [-0.3, -0.25) is 4.99 Å². The number of hydrogen-bond donors (Lipinski definition) is 0. The number of fused-ring (bicyclic) bond motifs is 6. The fourth-order valence-corrected chi connectivity index (χ4v) is 9.77. The van der Waals surface area contributed by atoms with Crippen LogP contribution in [0.4, 0.5) is 0 Å². The molecule has 0 fully saturated rings. The Morgan fingerprint density at radius 2 is 1.43 bits per heavy atom. The van der Waals surface area contributed by atoms with Crippen molar-refractivity contribution in [2.45, 2.75) is 137 Å². The predicted octanol–water partition coefficient (Wildman–Crippen LogP) is 14.7. The zero-order valence-corrected chi connectivity index (χ0v) is 41.8. The van der Waals surface area contributed by atoms with Gasteiger partial charge in [0.15, 0.2) is 0 Å². The molecule has 3 heterocycles. The standard InChI is InChI=1S/C57H61N3O2.Pt/c1-33(2)43-16-15-17-44(34(3)4)52(43)37-26-38(53-59-56(13)32-47-36(6)35(5)18-22-48(47)57(56,14)62-53)28-42(27-37)61-41-20-21-45-46-29-39(54(7,8)9)19-23-49(46)60(50(45)31-41)51-30-40(24-25-58-51)55(10,11)12;/h15-27,29-30,33-34H,32H2,1-14H3;/q-2;+2/t56-,57+;/m1./s1. The second kappa shape index (κ2) is 15.6. The largest absolute Gasteiger partial charge is 2.00 e. The summed E-state index contributed by atoms with van der Waals surface area (Å²) >= 11 is 0. The normalized spacial score (nSPS) is 18.4. The van der Waals surface area contributed by atoms with E-state index in [1.165, 1.54) is 50.1 Å². The van der Waals surface area contributed by atoms with Crippen molar-refractivity contribution in [3.8, 4) is 28.4 Å². The first-order valence-electron chi connectivity index (χ1n) is 22.4. The first-order valence-corrected chi connectivity index (χ1v) is 22.4. The maximum absolute atomic E-state index is 7.10. The average Bonchev–Trinajstić information content (AvgIpc) is 3.76. The molecule has 1 aliphatic carbocycles. The van der Waals surface area contributed by atoms with E-state index in [4.69, 9.17) is 19.5 Å². The maximum atomic E-state index is 7.10. The van der Waals surface area contributed by atoms with E-state index in [2.05, 4.69) is 192 Å². The molecule has 7 aromatic rings. The van der Waals surface area contributed by atoms with Gasteiger partial charge in [-0.2, -0.15) is 6.07 Å². The van der Waals surface area contributed by atoms with Crippen molar-refractivity contribution in [3.05, 3.63) is 153 Å². The molecule has 5 aromatic carbocycles. The summed E-state index contributed by atoms with van der Waals surface area (Å²) in [4.78, 5) is 10.4. The number of pyridine rings is 1. The Bertz CT molecular complexity index is 2950. The van der Waals surface area contributed by atoms with Gasteiger partial charge >= 0.3 is 21.1 Å². The first-order chi connectivity index (χ1) is 29.2. The maximum Gasteiger partial charge on any atom is 2.00 e. The zero-order valence-electron chi connectivity index (χ0n) is 39.5. The summed E-state index contributed by atoms with van der Waals surface area (Å²) in [5, 5.41) is 2.26. The van der Waals surface area contributed by atoms with E-state index in [1.807, 2.05) is 12.3 Å². The van der Waals surface area contributed by atoms with E-state index in [1.54, 1.807) is 0 Å². The van der Waals surface area contributed by atoms with Gasteiger partial charge in [0.25, 0.3) is 0 Å². The Hall–Kier alpha value is -4.99. The molecule has 0 bridgehead atoms. The monoisotopic (exact) mass is 1010 g/mol. The van der Waals surface area contributed by atoms with E-state index in [-0.39, 0.29) is 31.9 Å². The Morgan fingerprint density at radius 1 is 0.746 bits per heavy atom. The van der Waals surface area contributed by atoms with E-state index in [0.717, 1.165) is 45.2 Å². The molecule has 2 atom stereocenters. The summed E-state index contributed by atoms with van der Waals surface area (Å²) < 4.78 is 16.3. The smallest absolute Gasteiger partial charge is 0.508 e. The minimum atomic E-state index is -0.614. The van der Waals surface area contributed by atoms with Gasteiger partial charge in [-0.25, -0.2) is 4.98 Å². The van der Waals surface area contributed by atoms with Gasteiger partial charge in [0.2, 0.25) is 0 Å². The van der Waals surface area contributed by atoms with E-state index < -0.39 is 11.1 Å². The number of rotatable bonds is 7. The molecule has 0 radical (unpaired) electrons. The molecule has 1 aliphatic heterocycles. The molecule has 63 heavy (non-hydrogen) atoms. The molecule has 326 valence electrons. The summed E-state index contributed by atoms with van der Waals surface area (Å²) in [5.74, 6) is 3.24. The van der Waals surface area contributed by atoms with Gasteiger partial charge in [0.1, 0.15) is 17.3 Å². The number of aliphatic imine (C=N–C) groups is 1. The van der Waals surface area contributed by atoms with E-state index in [9.17, 15) is 0 Å². The molecule has 0 saturated carbocycles. The summed E-state index contributed by atoms with van der Waals surface area (Å²) in [6.07, 6.45) is 2.74. The van der Waals surface area contributed by atoms with Crippen molar-refractivity contribution in [1.29, 1.82) is 0 Å². The van der Waals surface area contributed by atoms with Crippen LogP contribution >= 0.6 is 0 Å². The second-order valence-electron chi connectivity index (χ2n) is 21.0. The molecule has 0 spiro atoms. The molecular formula is C57H61N3O2Pt. The predicted molar refractivity (Wildman–Crippen MR) is 257 cm³/mol. The van der Waals surface area contributed by atoms with Crippen molar-refractivity contribution >= 4 is 27.7 Å². The van der Waals surface area contributed by atoms with Crippen LogP contribution in [0.25, 0.3) is 38.8 Å². The molecule has 5 nitrogen and oxygen atoms in total. The third kappa shape index (κ3) is 7.47. The molecular weight excluding hydrogens is 954 g/mol. The average molecular weight is 1020 g/mol. The van der Waals surface area contributed by atoms with Crippen LogP contribution in [-0.4, -0.2) is 21.0 Å². The van der Waals surface area contributed by atoms with Crippen molar-refractivity contribution in [2.75, 3.05) is 0 Å². The Morgan fingerprint density at radius 3 is 2.10 bits per heavy atom. The van der Waals surface area contributed by atoms with Crippen LogP contribution < -0.4 is 4.74 Å². The molecule has 2 aliphatic rings. The van der Waals surface area contributed by atoms with Crippen LogP contribution in [0.1, 0.15) is 145 Å². The van der Waals surface area contributed by atoms with Gasteiger partial charge in [-0.1, -0.05) is 140 Å². The van der Waals surface area contributed by atoms with Crippen LogP contribution in [0.15, 0.2) is 96.1 Å². The first kappa shape index (κ1) is 44.6. The number of aryl methyl sites for hydroxylation is 1. The minimum Gasteiger partial charge on any atom is -0.508 e. The molecule has 0 saturated heterocycles. The van der Waals surface area contributed by atoms with Crippen molar-refractivity contribution in [2.24, 2.45) is 4.99 Å². The third-order valence-electron chi connectivity index (χ3n) is 13.9. The van der Waals surface area contributed by atoms with E-state index >= 15 is 0 Å². The number of aromatic nitrogens is 2. The van der Waals surface area contributed by atoms with Crippen LogP contribution in [-0.2, 0) is 48.7 Å². The van der Waals surface area contributed by atoms with Gasteiger partial charge < -0.3 is 14.0 Å². The Labute approximate surface area is 389 Å². The van der Waals surface area contributed by atoms with Gasteiger partial charge in [-0.15, -0.1) is 23.6 Å². The Balaban J connectivity index is 0.00000544. The topological polar surface area (TPSA) is 48.6 Å². The molecule has 0 N–H and O–H groups in total. The zero-order chi connectivity index (χ0) is 44.3. The van der Waals surface area contributed by atoms with Gasteiger partial charge in [0.05, 0.1) is 5.54 Å². The fraction of sp³-hybridized carbons (Fsp3) is 0.368. The Kier molecular flexibility index (Phi) is 11.1. The second-order valence-corrected chi connectivity index (χ2v) is 21.0. The molecule has 0 unspecified atom stereocenters. The molecule has 2 aromatic heterocycles. The quantitative estimate of drug-likeness (QED) is 0.150. The fourth-order valence-electron chi connectivity index (χ4n) is 9.77. The SMILES string of the molecule is Cc1ccc2c(c1C)C[C@@]1(C)N=C(c3[c-]c(Oc4[c-]c5c(cc4)c4cc(C(C)(C)C)ccc4n5-c4cc(C(C)(C)C)ccn4)cc(-c4c(C(C)C)cccc4C(C)C)c3)O[C@@]21C.[Pt+2]. The number of benzene rings is 5. The number of hydrogen-bond acceptors (Lipinski definition) is 4. The molecule has 0 amide bonds. The summed E-state index contributed by atoms with van der Waals surface area (Å²) in [7, 11) is 0. The summed E-state index contributed by atoms with van der Waals surface area (Å²) in [6, 6.07) is 38.3. The molecule has 6 heteroatoms. The van der Waals surface area contributed by atoms with Crippen LogP contribution in [0.3, 0.4) is 0 Å².